The summed E-state index contributed by atoms with van der Waals surface area (Å²) in [5, 5.41) is 0.761. The molecular formula is C18H15F3N2O3S. The van der Waals surface area contributed by atoms with Crippen molar-refractivity contribution in [2.24, 2.45) is 0 Å². The summed E-state index contributed by atoms with van der Waals surface area (Å²) in [6.07, 6.45) is -4.69. The zero-order valence-corrected chi connectivity index (χ0v) is 15.1. The molecule has 0 aliphatic heterocycles. The number of alkyl halides is 3. The zero-order valence-electron chi connectivity index (χ0n) is 14.3. The third-order valence-electron chi connectivity index (χ3n) is 4.27. The Kier molecular flexibility index (Phi) is 4.51. The molecule has 9 heteroatoms. The number of nitrogens with one attached hydrogen (secondary N) is 2. The van der Waals surface area contributed by atoms with Crippen molar-refractivity contribution in [3.8, 4) is 0 Å². The number of aromatic amines is 1. The molecule has 0 spiro atoms. The average molecular weight is 396 g/mol. The van der Waals surface area contributed by atoms with E-state index in [1.807, 2.05) is 18.6 Å². The monoisotopic (exact) mass is 396 g/mol. The van der Waals surface area contributed by atoms with E-state index >= 15 is 0 Å². The number of carbonyl (C=O) groups is 1. The second-order valence-electron chi connectivity index (χ2n) is 6.10. The van der Waals surface area contributed by atoms with Crippen LogP contribution in [0, 0.1) is 13.8 Å². The fourth-order valence-corrected chi connectivity index (χ4v) is 3.70. The minimum atomic E-state index is -4.69. The van der Waals surface area contributed by atoms with Crippen LogP contribution < -0.4 is 4.72 Å². The molecule has 142 valence electrons. The van der Waals surface area contributed by atoms with Crippen LogP contribution in [0.1, 0.15) is 27.2 Å². The van der Waals surface area contributed by atoms with Gasteiger partial charge in [-0.3, -0.25) is 4.79 Å². The normalized spacial score (nSPS) is 12.3. The predicted octanol–water partition coefficient (Wildman–Crippen LogP) is 3.92. The number of sulfonamides is 1. The highest BCUT2D eigenvalue weighted by atomic mass is 32.2. The van der Waals surface area contributed by atoms with Crippen LogP contribution in [0.5, 0.6) is 0 Å². The van der Waals surface area contributed by atoms with E-state index in [1.165, 1.54) is 12.1 Å². The van der Waals surface area contributed by atoms with Crippen LogP contribution in [0.2, 0.25) is 0 Å². The maximum Gasteiger partial charge on any atom is 0.416 e. The van der Waals surface area contributed by atoms with Crippen molar-refractivity contribution in [2.75, 3.05) is 0 Å². The van der Waals surface area contributed by atoms with Gasteiger partial charge in [0.15, 0.2) is 0 Å². The molecule has 0 atom stereocenters. The first kappa shape index (κ1) is 19.0. The Hall–Kier alpha value is -2.81. The number of fused-ring (bicyclic) bond motifs is 1. The largest absolute Gasteiger partial charge is 0.416 e. The number of benzene rings is 2. The topological polar surface area (TPSA) is 79.0 Å². The summed E-state index contributed by atoms with van der Waals surface area (Å²) >= 11 is 0. The second-order valence-corrected chi connectivity index (χ2v) is 7.78. The standard InChI is InChI=1S/C18H15F3N2O3S/c1-10-11(2)22-16-7-6-12(8-15(10)16)17(24)23-27(25,26)14-5-3-4-13(9-14)18(19,20)21/h3-9,22H,1-2H3,(H,23,24). The van der Waals surface area contributed by atoms with E-state index in [0.717, 1.165) is 40.4 Å². The van der Waals surface area contributed by atoms with Crippen LogP contribution in [0.3, 0.4) is 0 Å². The molecule has 1 amide bonds. The number of aryl methyl sites for hydroxylation is 2. The van der Waals surface area contributed by atoms with Gasteiger partial charge in [0.05, 0.1) is 10.5 Å². The summed E-state index contributed by atoms with van der Waals surface area (Å²) < 4.78 is 64.8. The molecule has 0 bridgehead atoms. The third-order valence-corrected chi connectivity index (χ3v) is 5.60. The lowest BCUT2D eigenvalue weighted by Gasteiger charge is -2.10. The van der Waals surface area contributed by atoms with Gasteiger partial charge in [0, 0.05) is 22.2 Å². The van der Waals surface area contributed by atoms with Crippen LogP contribution in [-0.2, 0) is 16.2 Å². The zero-order chi connectivity index (χ0) is 20.0. The van der Waals surface area contributed by atoms with Gasteiger partial charge < -0.3 is 4.98 Å². The Morgan fingerprint density at radius 3 is 2.44 bits per heavy atom. The maximum atomic E-state index is 12.8. The van der Waals surface area contributed by atoms with Crippen molar-refractivity contribution in [1.82, 2.24) is 9.71 Å². The Morgan fingerprint density at radius 2 is 1.78 bits per heavy atom. The lowest BCUT2D eigenvalue weighted by Crippen LogP contribution is -2.30. The van der Waals surface area contributed by atoms with Gasteiger partial charge in [0.25, 0.3) is 15.9 Å². The highest BCUT2D eigenvalue weighted by Gasteiger charge is 2.32. The van der Waals surface area contributed by atoms with E-state index in [0.29, 0.717) is 6.07 Å². The molecule has 0 radical (unpaired) electrons. The molecule has 0 unspecified atom stereocenters. The van der Waals surface area contributed by atoms with Gasteiger partial charge in [-0.1, -0.05) is 6.07 Å². The molecule has 2 N–H and O–H groups in total. The van der Waals surface area contributed by atoms with Crippen LogP contribution in [0.4, 0.5) is 13.2 Å². The van der Waals surface area contributed by atoms with Gasteiger partial charge >= 0.3 is 6.18 Å². The van der Waals surface area contributed by atoms with Crippen molar-refractivity contribution in [1.29, 1.82) is 0 Å². The predicted molar refractivity (Wildman–Crippen MR) is 93.9 cm³/mol. The van der Waals surface area contributed by atoms with E-state index in [4.69, 9.17) is 0 Å². The van der Waals surface area contributed by atoms with E-state index in [2.05, 4.69) is 4.98 Å². The molecule has 0 saturated heterocycles. The van der Waals surface area contributed by atoms with Gasteiger partial charge in [0.2, 0.25) is 0 Å². The molecule has 3 aromatic rings. The molecule has 0 aliphatic rings. The van der Waals surface area contributed by atoms with Gasteiger partial charge in [-0.25, -0.2) is 13.1 Å². The van der Waals surface area contributed by atoms with Crippen LogP contribution in [0.25, 0.3) is 10.9 Å². The summed E-state index contributed by atoms with van der Waals surface area (Å²) in [6.45, 7) is 3.72. The van der Waals surface area contributed by atoms with E-state index in [1.54, 1.807) is 6.07 Å². The molecule has 0 fully saturated rings. The van der Waals surface area contributed by atoms with Crippen molar-refractivity contribution in [3.63, 3.8) is 0 Å². The molecule has 27 heavy (non-hydrogen) atoms. The molecule has 3 rings (SSSR count). The third kappa shape index (κ3) is 3.68. The smallest absolute Gasteiger partial charge is 0.358 e. The Morgan fingerprint density at radius 1 is 1.07 bits per heavy atom. The van der Waals surface area contributed by atoms with Crippen molar-refractivity contribution >= 4 is 26.8 Å². The molecular weight excluding hydrogens is 381 g/mol. The number of carbonyl (C=O) groups excluding carboxylic acids is 1. The van der Waals surface area contributed by atoms with E-state index < -0.39 is 32.6 Å². The average Bonchev–Trinajstić information content (AvgIpc) is 2.88. The van der Waals surface area contributed by atoms with Gasteiger partial charge in [0.1, 0.15) is 0 Å². The van der Waals surface area contributed by atoms with Crippen LogP contribution in [-0.4, -0.2) is 19.3 Å². The quantitative estimate of drug-likeness (QED) is 0.704. The minimum Gasteiger partial charge on any atom is -0.358 e. The summed E-state index contributed by atoms with van der Waals surface area (Å²) in [5.41, 5.74) is 1.60. The van der Waals surface area contributed by atoms with Gasteiger partial charge in [-0.2, -0.15) is 13.2 Å². The van der Waals surface area contributed by atoms with Crippen molar-refractivity contribution < 1.29 is 26.4 Å². The second kappa shape index (κ2) is 6.41. The number of H-pyrrole nitrogens is 1. The summed E-state index contributed by atoms with van der Waals surface area (Å²) in [4.78, 5) is 14.8. The highest BCUT2D eigenvalue weighted by Crippen LogP contribution is 2.30. The molecule has 1 heterocycles. The number of rotatable bonds is 3. The van der Waals surface area contributed by atoms with Crippen LogP contribution in [0.15, 0.2) is 47.4 Å². The van der Waals surface area contributed by atoms with Gasteiger partial charge in [-0.15, -0.1) is 0 Å². The molecule has 0 saturated carbocycles. The summed E-state index contributed by atoms with van der Waals surface area (Å²) in [7, 11) is -4.46. The number of hydrogen-bond donors (Lipinski definition) is 2. The van der Waals surface area contributed by atoms with E-state index in [9.17, 15) is 26.4 Å². The van der Waals surface area contributed by atoms with Crippen molar-refractivity contribution in [3.05, 3.63) is 64.8 Å². The Bertz CT molecular complexity index is 1150. The lowest BCUT2D eigenvalue weighted by atomic mass is 10.1. The molecule has 1 aromatic heterocycles. The maximum absolute atomic E-state index is 12.8. The first-order valence-corrected chi connectivity index (χ1v) is 9.31. The number of halogens is 3. The Balaban J connectivity index is 1.92. The van der Waals surface area contributed by atoms with Crippen LogP contribution >= 0.6 is 0 Å². The van der Waals surface area contributed by atoms with Gasteiger partial charge in [-0.05, 0) is 55.8 Å². The SMILES string of the molecule is Cc1[nH]c2ccc(C(=O)NS(=O)(=O)c3cccc(C(F)(F)F)c3)cc2c1C. The molecule has 5 nitrogen and oxygen atoms in total. The fraction of sp³-hybridized carbons (Fsp3) is 0.167. The lowest BCUT2D eigenvalue weighted by molar-refractivity contribution is -0.137. The first-order chi connectivity index (χ1) is 12.5. The minimum absolute atomic E-state index is 0.0835. The number of hydrogen-bond acceptors (Lipinski definition) is 3. The van der Waals surface area contributed by atoms with Crippen molar-refractivity contribution in [2.45, 2.75) is 24.9 Å². The molecule has 2 aromatic carbocycles. The Labute approximate surface area is 153 Å². The number of amides is 1. The first-order valence-electron chi connectivity index (χ1n) is 7.82. The summed E-state index contributed by atoms with van der Waals surface area (Å²) in [5.74, 6) is -0.924. The fourth-order valence-electron chi connectivity index (χ4n) is 2.68. The summed E-state index contributed by atoms with van der Waals surface area (Å²) in [6, 6.07) is 7.82. The highest BCUT2D eigenvalue weighted by molar-refractivity contribution is 7.90. The van der Waals surface area contributed by atoms with E-state index in [-0.39, 0.29) is 5.56 Å². The number of aromatic nitrogens is 1. The molecule has 0 aliphatic carbocycles.